The fourth-order valence-corrected chi connectivity index (χ4v) is 3.02. The van der Waals surface area contributed by atoms with E-state index in [1.807, 2.05) is 6.92 Å². The van der Waals surface area contributed by atoms with Gasteiger partial charge in [0.15, 0.2) is 0 Å². The maximum atomic E-state index is 12.3. The molecule has 1 aromatic rings. The van der Waals surface area contributed by atoms with E-state index in [-0.39, 0.29) is 4.90 Å². The summed E-state index contributed by atoms with van der Waals surface area (Å²) in [5, 5.41) is 7.29. The SMILES string of the molecule is CCCCCN(C)S(=O)(=O)c1cnn(CCNCC)c1. The third-order valence-electron chi connectivity index (χ3n) is 3.16. The minimum absolute atomic E-state index is 0.271. The van der Waals surface area contributed by atoms with Crippen LogP contribution in [0.15, 0.2) is 17.3 Å². The molecule has 0 saturated carbocycles. The highest BCUT2D eigenvalue weighted by Crippen LogP contribution is 2.14. The Morgan fingerprint density at radius 2 is 2.10 bits per heavy atom. The van der Waals surface area contributed by atoms with E-state index in [9.17, 15) is 8.42 Å². The molecule has 0 aliphatic carbocycles. The third kappa shape index (κ3) is 4.88. The normalized spacial score (nSPS) is 12.2. The second-order valence-corrected chi connectivity index (χ2v) is 6.87. The number of nitrogens with zero attached hydrogens (tertiary/aromatic N) is 3. The van der Waals surface area contributed by atoms with Crippen LogP contribution in [0.4, 0.5) is 0 Å². The van der Waals surface area contributed by atoms with Gasteiger partial charge in [-0.05, 0) is 13.0 Å². The molecule has 0 aliphatic rings. The van der Waals surface area contributed by atoms with Crippen molar-refractivity contribution < 1.29 is 8.42 Å². The van der Waals surface area contributed by atoms with Crippen LogP contribution in [0.5, 0.6) is 0 Å². The predicted molar refractivity (Wildman–Crippen MR) is 80.1 cm³/mol. The van der Waals surface area contributed by atoms with Crippen LogP contribution in [0.1, 0.15) is 33.1 Å². The Hall–Kier alpha value is -0.920. The average molecular weight is 302 g/mol. The smallest absolute Gasteiger partial charge is 0.245 e. The minimum Gasteiger partial charge on any atom is -0.315 e. The topological polar surface area (TPSA) is 67.2 Å². The molecule has 0 radical (unpaired) electrons. The molecule has 1 N–H and O–H groups in total. The Labute approximate surface area is 122 Å². The van der Waals surface area contributed by atoms with Crippen molar-refractivity contribution in [1.29, 1.82) is 0 Å². The summed E-state index contributed by atoms with van der Waals surface area (Å²) in [5.41, 5.74) is 0. The summed E-state index contributed by atoms with van der Waals surface area (Å²) in [7, 11) is -1.77. The molecule has 0 spiro atoms. The van der Waals surface area contributed by atoms with Crippen LogP contribution in [0.25, 0.3) is 0 Å². The minimum atomic E-state index is -3.40. The number of rotatable bonds is 10. The number of nitrogens with one attached hydrogen (secondary N) is 1. The molecule has 1 rings (SSSR count). The Balaban J connectivity index is 2.62. The van der Waals surface area contributed by atoms with Crippen molar-refractivity contribution in [3.05, 3.63) is 12.4 Å². The Bertz CT molecular complexity index is 484. The average Bonchev–Trinajstić information content (AvgIpc) is 2.88. The summed E-state index contributed by atoms with van der Waals surface area (Å²) >= 11 is 0. The number of aromatic nitrogens is 2. The van der Waals surface area contributed by atoms with E-state index < -0.39 is 10.0 Å². The molecule has 1 aromatic heterocycles. The van der Waals surface area contributed by atoms with Crippen molar-refractivity contribution in [1.82, 2.24) is 19.4 Å². The number of unbranched alkanes of at least 4 members (excludes halogenated alkanes) is 2. The van der Waals surface area contributed by atoms with Gasteiger partial charge in [0.2, 0.25) is 10.0 Å². The van der Waals surface area contributed by atoms with Crippen molar-refractivity contribution >= 4 is 10.0 Å². The molecule has 7 heteroatoms. The van der Waals surface area contributed by atoms with Crippen LogP contribution in [0.3, 0.4) is 0 Å². The second-order valence-electron chi connectivity index (χ2n) is 4.83. The van der Waals surface area contributed by atoms with Gasteiger partial charge in [-0.3, -0.25) is 4.68 Å². The van der Waals surface area contributed by atoms with Crippen molar-refractivity contribution in [3.8, 4) is 0 Å². The van der Waals surface area contributed by atoms with E-state index in [4.69, 9.17) is 0 Å². The molecule has 0 aromatic carbocycles. The first kappa shape index (κ1) is 17.1. The Kier molecular flexibility index (Phi) is 7.18. The van der Waals surface area contributed by atoms with Crippen LogP contribution >= 0.6 is 0 Å². The summed E-state index contributed by atoms with van der Waals surface area (Å²) in [6.07, 6.45) is 6.04. The van der Waals surface area contributed by atoms with Gasteiger partial charge in [0, 0.05) is 26.3 Å². The maximum absolute atomic E-state index is 12.3. The Morgan fingerprint density at radius 1 is 1.35 bits per heavy atom. The standard InChI is InChI=1S/C13H26N4O2S/c1-4-6-7-9-16(3)20(18,19)13-11-15-17(12-13)10-8-14-5-2/h11-12,14H,4-10H2,1-3H3. The summed E-state index contributed by atoms with van der Waals surface area (Å²) in [5.74, 6) is 0. The largest absolute Gasteiger partial charge is 0.315 e. The maximum Gasteiger partial charge on any atom is 0.245 e. The van der Waals surface area contributed by atoms with E-state index in [0.717, 1.165) is 32.4 Å². The summed E-state index contributed by atoms with van der Waals surface area (Å²) in [6.45, 7) is 7.03. The van der Waals surface area contributed by atoms with Gasteiger partial charge in [0.05, 0.1) is 12.7 Å². The molecule has 0 unspecified atom stereocenters. The number of hydrogen-bond donors (Lipinski definition) is 1. The number of hydrogen-bond acceptors (Lipinski definition) is 4. The molecular weight excluding hydrogens is 276 g/mol. The lowest BCUT2D eigenvalue weighted by Crippen LogP contribution is -2.27. The van der Waals surface area contributed by atoms with E-state index in [1.54, 1.807) is 17.9 Å². The Morgan fingerprint density at radius 3 is 2.75 bits per heavy atom. The summed E-state index contributed by atoms with van der Waals surface area (Å²) < 4.78 is 27.7. The highest BCUT2D eigenvalue weighted by atomic mass is 32.2. The van der Waals surface area contributed by atoms with E-state index in [0.29, 0.717) is 13.1 Å². The van der Waals surface area contributed by atoms with E-state index in [2.05, 4.69) is 17.3 Å². The van der Waals surface area contributed by atoms with Crippen LogP contribution < -0.4 is 5.32 Å². The van der Waals surface area contributed by atoms with Crippen molar-refractivity contribution in [2.45, 2.75) is 44.6 Å². The molecule has 6 nitrogen and oxygen atoms in total. The van der Waals surface area contributed by atoms with Crippen molar-refractivity contribution in [2.24, 2.45) is 0 Å². The van der Waals surface area contributed by atoms with Gasteiger partial charge < -0.3 is 5.32 Å². The second kappa shape index (κ2) is 8.39. The van der Waals surface area contributed by atoms with Crippen molar-refractivity contribution in [2.75, 3.05) is 26.7 Å². The van der Waals surface area contributed by atoms with Gasteiger partial charge >= 0.3 is 0 Å². The van der Waals surface area contributed by atoms with Crippen LogP contribution in [0, 0.1) is 0 Å². The van der Waals surface area contributed by atoms with Gasteiger partial charge in [0.1, 0.15) is 4.90 Å². The molecule has 116 valence electrons. The molecule has 0 bridgehead atoms. The molecule has 0 amide bonds. The molecule has 0 saturated heterocycles. The zero-order valence-corrected chi connectivity index (χ0v) is 13.5. The van der Waals surface area contributed by atoms with E-state index >= 15 is 0 Å². The summed E-state index contributed by atoms with van der Waals surface area (Å²) in [4.78, 5) is 0.271. The zero-order valence-electron chi connectivity index (χ0n) is 12.7. The van der Waals surface area contributed by atoms with Gasteiger partial charge in [0.25, 0.3) is 0 Å². The van der Waals surface area contributed by atoms with Crippen LogP contribution in [-0.4, -0.2) is 49.2 Å². The highest BCUT2D eigenvalue weighted by Gasteiger charge is 2.21. The van der Waals surface area contributed by atoms with Gasteiger partial charge in [-0.15, -0.1) is 0 Å². The lowest BCUT2D eigenvalue weighted by Gasteiger charge is -2.15. The third-order valence-corrected chi connectivity index (χ3v) is 4.97. The molecule has 0 aliphatic heterocycles. The molecule has 0 atom stereocenters. The van der Waals surface area contributed by atoms with Crippen LogP contribution in [0.2, 0.25) is 0 Å². The van der Waals surface area contributed by atoms with Gasteiger partial charge in [-0.1, -0.05) is 26.7 Å². The first-order valence-corrected chi connectivity index (χ1v) is 8.65. The van der Waals surface area contributed by atoms with Crippen LogP contribution in [-0.2, 0) is 16.6 Å². The fourth-order valence-electron chi connectivity index (χ4n) is 1.86. The zero-order chi connectivity index (χ0) is 15.0. The number of likely N-dealkylation sites (N-methyl/N-ethyl adjacent to an activating group) is 1. The van der Waals surface area contributed by atoms with Gasteiger partial charge in [-0.2, -0.15) is 5.10 Å². The van der Waals surface area contributed by atoms with Crippen molar-refractivity contribution in [3.63, 3.8) is 0 Å². The van der Waals surface area contributed by atoms with E-state index in [1.165, 1.54) is 10.5 Å². The quantitative estimate of drug-likeness (QED) is 0.662. The first-order chi connectivity index (χ1) is 9.52. The lowest BCUT2D eigenvalue weighted by molar-refractivity contribution is 0.454. The first-order valence-electron chi connectivity index (χ1n) is 7.21. The monoisotopic (exact) mass is 302 g/mol. The summed E-state index contributed by atoms with van der Waals surface area (Å²) in [6, 6.07) is 0. The molecular formula is C13H26N4O2S. The molecule has 1 heterocycles. The fraction of sp³-hybridized carbons (Fsp3) is 0.769. The molecule has 0 fully saturated rings. The lowest BCUT2D eigenvalue weighted by atomic mass is 10.2. The van der Waals surface area contributed by atoms with Gasteiger partial charge in [-0.25, -0.2) is 12.7 Å². The highest BCUT2D eigenvalue weighted by molar-refractivity contribution is 7.89. The number of sulfonamides is 1. The molecule has 20 heavy (non-hydrogen) atoms. The predicted octanol–water partition coefficient (Wildman–Crippen LogP) is 1.30.